The number of hydrogen-bond acceptors (Lipinski definition) is 4. The van der Waals surface area contributed by atoms with E-state index < -0.39 is 0 Å². The van der Waals surface area contributed by atoms with Gasteiger partial charge in [-0.15, -0.1) is 11.3 Å². The summed E-state index contributed by atoms with van der Waals surface area (Å²) in [5.41, 5.74) is 1.08. The summed E-state index contributed by atoms with van der Waals surface area (Å²) in [6.45, 7) is 2.04. The summed E-state index contributed by atoms with van der Waals surface area (Å²) in [4.78, 5) is 15.8. The van der Waals surface area contributed by atoms with Crippen molar-refractivity contribution in [1.29, 1.82) is 0 Å². The molecule has 0 atom stereocenters. The summed E-state index contributed by atoms with van der Waals surface area (Å²) in [7, 11) is 0. The lowest BCUT2D eigenvalue weighted by Crippen LogP contribution is -2.53. The van der Waals surface area contributed by atoms with Crippen LogP contribution >= 0.6 is 11.3 Å². The number of carbonyl (C=O) groups is 1. The largest absolute Gasteiger partial charge is 0.394 e. The zero-order valence-electron chi connectivity index (χ0n) is 12.4. The molecule has 1 aliphatic heterocycles. The van der Waals surface area contributed by atoms with Gasteiger partial charge in [0, 0.05) is 23.5 Å². The molecule has 4 nitrogen and oxygen atoms in total. The molecule has 1 aliphatic carbocycles. The number of thiophene rings is 1. The minimum absolute atomic E-state index is 0.134. The van der Waals surface area contributed by atoms with Crippen molar-refractivity contribution < 1.29 is 9.90 Å². The molecule has 0 bridgehead atoms. The Hall–Kier alpha value is -0.910. The van der Waals surface area contributed by atoms with Crippen molar-refractivity contribution in [2.75, 3.05) is 19.7 Å². The van der Waals surface area contributed by atoms with Gasteiger partial charge in [-0.3, -0.25) is 4.79 Å². The van der Waals surface area contributed by atoms with Crippen molar-refractivity contribution in [2.24, 2.45) is 0 Å². The van der Waals surface area contributed by atoms with Crippen molar-refractivity contribution in [2.45, 2.75) is 50.6 Å². The van der Waals surface area contributed by atoms with Crippen LogP contribution in [0, 0.1) is 0 Å². The summed E-state index contributed by atoms with van der Waals surface area (Å²) < 4.78 is 0. The molecule has 1 saturated carbocycles. The third-order valence-electron chi connectivity index (χ3n) is 4.89. The van der Waals surface area contributed by atoms with E-state index in [1.165, 1.54) is 16.9 Å². The summed E-state index contributed by atoms with van der Waals surface area (Å²) >= 11 is 1.79. The molecule has 1 fully saturated rings. The van der Waals surface area contributed by atoms with Crippen LogP contribution in [-0.2, 0) is 17.8 Å². The van der Waals surface area contributed by atoms with Crippen molar-refractivity contribution in [3.63, 3.8) is 0 Å². The highest BCUT2D eigenvalue weighted by atomic mass is 32.1. The van der Waals surface area contributed by atoms with Crippen molar-refractivity contribution in [3.8, 4) is 0 Å². The average Bonchev–Trinajstić information content (AvgIpc) is 3.01. The Kier molecular flexibility index (Phi) is 4.62. The van der Waals surface area contributed by atoms with Crippen LogP contribution in [0.2, 0.25) is 0 Å². The first-order chi connectivity index (χ1) is 10.2. The monoisotopic (exact) mass is 308 g/mol. The fourth-order valence-corrected chi connectivity index (χ4v) is 4.35. The number of aliphatic hydroxyl groups is 1. The molecular weight excluding hydrogens is 284 g/mol. The number of rotatable bonds is 4. The van der Waals surface area contributed by atoms with Crippen molar-refractivity contribution in [1.82, 2.24) is 10.2 Å². The number of carbonyl (C=O) groups excluding carboxylic acids is 1. The third-order valence-corrected chi connectivity index (χ3v) is 5.91. The van der Waals surface area contributed by atoms with Gasteiger partial charge in [-0.05, 0) is 36.3 Å². The van der Waals surface area contributed by atoms with Gasteiger partial charge in [-0.1, -0.05) is 19.3 Å². The molecule has 0 saturated heterocycles. The second-order valence-corrected chi connectivity index (χ2v) is 7.29. The molecule has 21 heavy (non-hydrogen) atoms. The van der Waals surface area contributed by atoms with E-state index in [0.29, 0.717) is 6.54 Å². The molecule has 2 aliphatic rings. The van der Waals surface area contributed by atoms with Gasteiger partial charge in [0.2, 0.25) is 5.91 Å². The molecule has 0 radical (unpaired) electrons. The van der Waals surface area contributed by atoms with E-state index in [1.54, 1.807) is 11.3 Å². The van der Waals surface area contributed by atoms with Gasteiger partial charge in [0.1, 0.15) is 0 Å². The normalized spacial score (nSPS) is 21.1. The van der Waals surface area contributed by atoms with Crippen LogP contribution < -0.4 is 5.32 Å². The molecule has 1 amide bonds. The number of nitrogens with one attached hydrogen (secondary N) is 1. The molecule has 5 heteroatoms. The number of aliphatic hydroxyl groups excluding tert-OH is 1. The summed E-state index contributed by atoms with van der Waals surface area (Å²) in [6, 6.07) is 2.13. The quantitative estimate of drug-likeness (QED) is 0.893. The number of hydrogen-bond donors (Lipinski definition) is 2. The fraction of sp³-hybridized carbons (Fsp3) is 0.688. The predicted octanol–water partition coefficient (Wildman–Crippen LogP) is 1.92. The second-order valence-electron chi connectivity index (χ2n) is 6.29. The maximum absolute atomic E-state index is 12.4. The molecule has 0 unspecified atom stereocenters. The Bertz CT molecular complexity index is 494. The average molecular weight is 308 g/mol. The van der Waals surface area contributed by atoms with Gasteiger partial charge in [0.15, 0.2) is 0 Å². The van der Waals surface area contributed by atoms with E-state index in [0.717, 1.165) is 45.2 Å². The Labute approximate surface area is 130 Å². The van der Waals surface area contributed by atoms with Gasteiger partial charge in [-0.25, -0.2) is 0 Å². The van der Waals surface area contributed by atoms with Crippen LogP contribution in [0.5, 0.6) is 0 Å². The fourth-order valence-electron chi connectivity index (χ4n) is 3.46. The van der Waals surface area contributed by atoms with Gasteiger partial charge in [0.05, 0.1) is 13.2 Å². The van der Waals surface area contributed by atoms with Crippen LogP contribution in [0.25, 0.3) is 0 Å². The minimum atomic E-state index is -0.225. The lowest BCUT2D eigenvalue weighted by molar-refractivity contribution is -0.131. The highest BCUT2D eigenvalue weighted by Gasteiger charge is 2.32. The smallest absolute Gasteiger partial charge is 0.236 e. The predicted molar refractivity (Wildman–Crippen MR) is 84.3 cm³/mol. The van der Waals surface area contributed by atoms with Crippen LogP contribution in [0.4, 0.5) is 0 Å². The first kappa shape index (κ1) is 15.0. The lowest BCUT2D eigenvalue weighted by Gasteiger charge is -2.37. The highest BCUT2D eigenvalue weighted by molar-refractivity contribution is 7.10. The highest BCUT2D eigenvalue weighted by Crippen LogP contribution is 2.28. The van der Waals surface area contributed by atoms with Crippen molar-refractivity contribution >= 4 is 17.2 Å². The van der Waals surface area contributed by atoms with Crippen LogP contribution in [0.15, 0.2) is 11.4 Å². The molecule has 1 aromatic rings. The first-order valence-electron chi connectivity index (χ1n) is 7.91. The maximum Gasteiger partial charge on any atom is 0.236 e. The molecule has 0 spiro atoms. The standard InChI is InChI=1S/C16H24N2O2S/c19-12-16(6-2-1-3-7-16)17-10-15(20)18-8-4-14-13(11-18)5-9-21-14/h5,9,17,19H,1-4,6-8,10-12H2. The molecule has 116 valence electrons. The summed E-state index contributed by atoms with van der Waals surface area (Å²) in [5, 5.41) is 15.2. The van der Waals surface area contributed by atoms with E-state index in [-0.39, 0.29) is 18.1 Å². The topological polar surface area (TPSA) is 52.6 Å². The zero-order valence-corrected chi connectivity index (χ0v) is 13.3. The van der Waals surface area contributed by atoms with Crippen LogP contribution in [-0.4, -0.2) is 41.1 Å². The second kappa shape index (κ2) is 6.46. The Morgan fingerprint density at radius 2 is 2.19 bits per heavy atom. The Balaban J connectivity index is 1.54. The number of fused-ring (bicyclic) bond motifs is 1. The van der Waals surface area contributed by atoms with E-state index in [4.69, 9.17) is 0 Å². The minimum Gasteiger partial charge on any atom is -0.394 e. The molecular formula is C16H24N2O2S. The van der Waals surface area contributed by atoms with Crippen LogP contribution in [0.1, 0.15) is 42.5 Å². The molecule has 2 N–H and O–H groups in total. The third kappa shape index (κ3) is 3.30. The van der Waals surface area contributed by atoms with Crippen LogP contribution in [0.3, 0.4) is 0 Å². The van der Waals surface area contributed by atoms with E-state index in [9.17, 15) is 9.90 Å². The van der Waals surface area contributed by atoms with Crippen molar-refractivity contribution in [3.05, 3.63) is 21.9 Å². The van der Waals surface area contributed by atoms with Gasteiger partial charge < -0.3 is 15.3 Å². The molecule has 2 heterocycles. The Morgan fingerprint density at radius 1 is 1.38 bits per heavy atom. The van der Waals surface area contributed by atoms with E-state index in [2.05, 4.69) is 16.8 Å². The SMILES string of the molecule is O=C(CNC1(CO)CCCCC1)N1CCc2sccc2C1. The summed E-state index contributed by atoms with van der Waals surface area (Å²) in [5.74, 6) is 0.158. The van der Waals surface area contributed by atoms with E-state index >= 15 is 0 Å². The zero-order chi connectivity index (χ0) is 14.7. The summed E-state index contributed by atoms with van der Waals surface area (Å²) in [6.07, 6.45) is 6.46. The van der Waals surface area contributed by atoms with Gasteiger partial charge in [0.25, 0.3) is 0 Å². The van der Waals surface area contributed by atoms with Gasteiger partial charge in [-0.2, -0.15) is 0 Å². The number of nitrogens with zero attached hydrogens (tertiary/aromatic N) is 1. The van der Waals surface area contributed by atoms with Gasteiger partial charge >= 0.3 is 0 Å². The Morgan fingerprint density at radius 3 is 2.95 bits per heavy atom. The lowest BCUT2D eigenvalue weighted by atomic mass is 9.82. The maximum atomic E-state index is 12.4. The molecule has 1 aromatic heterocycles. The first-order valence-corrected chi connectivity index (χ1v) is 8.79. The van der Waals surface area contributed by atoms with E-state index in [1.807, 2.05) is 4.90 Å². The molecule has 3 rings (SSSR count). The number of amides is 1. The molecule has 0 aromatic carbocycles.